The first-order valence-electron chi connectivity index (χ1n) is 10.8. The number of hydrogen-bond acceptors (Lipinski definition) is 4. The van der Waals surface area contributed by atoms with E-state index in [2.05, 4.69) is 27.9 Å². The average molecular weight is 466 g/mol. The number of hydrazine groups is 1. The number of nitrogens with one attached hydrogen (secondary N) is 3. The van der Waals surface area contributed by atoms with Crippen molar-refractivity contribution in [2.45, 2.75) is 39.2 Å². The number of rotatable bonds is 7. The Balaban J connectivity index is 1.50. The molecule has 0 saturated carbocycles. The Kier molecular flexibility index (Phi) is 6.74. The van der Waals surface area contributed by atoms with Crippen molar-refractivity contribution in [3.8, 4) is 0 Å². The molecule has 0 atom stereocenters. The molecule has 2 heterocycles. The number of carbonyl (C=O) groups excluding carboxylic acids is 2. The molecule has 0 radical (unpaired) electrons. The molecule has 0 aliphatic carbocycles. The van der Waals surface area contributed by atoms with E-state index in [1.807, 2.05) is 6.07 Å². The van der Waals surface area contributed by atoms with Crippen LogP contribution in [0.15, 0.2) is 53.5 Å². The van der Waals surface area contributed by atoms with Crippen LogP contribution < -0.4 is 16.4 Å². The first-order valence-corrected chi connectivity index (χ1v) is 11.2. The number of amides is 2. The molecule has 2 aromatic carbocycles. The van der Waals surface area contributed by atoms with Crippen LogP contribution in [-0.4, -0.2) is 26.6 Å². The molecule has 33 heavy (non-hydrogen) atoms. The summed E-state index contributed by atoms with van der Waals surface area (Å²) in [5.41, 5.74) is 6.33. The summed E-state index contributed by atoms with van der Waals surface area (Å²) in [6.45, 7) is 2.50. The van der Waals surface area contributed by atoms with Crippen LogP contribution in [0.5, 0.6) is 0 Å². The SMILES string of the molecule is CCCCCn1nc(C(=O)NNC(=O)Cc2c[nH]c3cc(Cl)ccc23)c2ccccc2c1=O. The number of hydrogen-bond donors (Lipinski definition) is 3. The largest absolute Gasteiger partial charge is 0.361 e. The Morgan fingerprint density at radius 2 is 1.85 bits per heavy atom. The Bertz CT molecular complexity index is 1390. The third kappa shape index (κ3) is 4.90. The van der Waals surface area contributed by atoms with Gasteiger partial charge in [0.1, 0.15) is 0 Å². The third-order valence-electron chi connectivity index (χ3n) is 5.45. The van der Waals surface area contributed by atoms with Crippen molar-refractivity contribution in [3.63, 3.8) is 0 Å². The van der Waals surface area contributed by atoms with Gasteiger partial charge in [0, 0.05) is 34.1 Å². The third-order valence-corrected chi connectivity index (χ3v) is 5.69. The lowest BCUT2D eigenvalue weighted by molar-refractivity contribution is -0.121. The maximum absolute atomic E-state index is 12.9. The predicted octanol–water partition coefficient (Wildman–Crippen LogP) is 3.73. The summed E-state index contributed by atoms with van der Waals surface area (Å²) in [6.07, 6.45) is 4.55. The van der Waals surface area contributed by atoms with Crippen LogP contribution in [0.25, 0.3) is 21.7 Å². The summed E-state index contributed by atoms with van der Waals surface area (Å²) >= 11 is 6.00. The fourth-order valence-corrected chi connectivity index (χ4v) is 3.95. The van der Waals surface area contributed by atoms with Crippen LogP contribution in [0, 0.1) is 0 Å². The maximum Gasteiger partial charge on any atom is 0.290 e. The zero-order valence-electron chi connectivity index (χ0n) is 18.2. The Labute approximate surface area is 194 Å². The number of halogens is 1. The predicted molar refractivity (Wildman–Crippen MR) is 128 cm³/mol. The van der Waals surface area contributed by atoms with E-state index in [9.17, 15) is 14.4 Å². The van der Waals surface area contributed by atoms with E-state index in [1.54, 1.807) is 42.6 Å². The second-order valence-electron chi connectivity index (χ2n) is 7.81. The van der Waals surface area contributed by atoms with E-state index in [4.69, 9.17) is 11.6 Å². The molecular formula is C24H24ClN5O3. The lowest BCUT2D eigenvalue weighted by Crippen LogP contribution is -2.43. The van der Waals surface area contributed by atoms with E-state index in [0.717, 1.165) is 35.7 Å². The second kappa shape index (κ2) is 9.87. The molecule has 2 amide bonds. The van der Waals surface area contributed by atoms with Crippen molar-refractivity contribution in [2.75, 3.05) is 0 Å². The van der Waals surface area contributed by atoms with Crippen molar-refractivity contribution in [1.29, 1.82) is 0 Å². The van der Waals surface area contributed by atoms with Gasteiger partial charge in [-0.25, -0.2) is 4.68 Å². The molecule has 0 unspecified atom stereocenters. The minimum atomic E-state index is -0.588. The van der Waals surface area contributed by atoms with Crippen molar-refractivity contribution < 1.29 is 9.59 Å². The molecule has 4 rings (SSSR count). The molecule has 0 aliphatic heterocycles. The highest BCUT2D eigenvalue weighted by Gasteiger charge is 2.17. The average Bonchev–Trinajstić information content (AvgIpc) is 3.20. The first-order chi connectivity index (χ1) is 16.0. The van der Waals surface area contributed by atoms with Gasteiger partial charge in [-0.2, -0.15) is 5.10 Å². The number of unbranched alkanes of at least 4 members (excludes halogenated alkanes) is 2. The van der Waals surface area contributed by atoms with Crippen molar-refractivity contribution in [2.24, 2.45) is 0 Å². The lowest BCUT2D eigenvalue weighted by atomic mass is 10.1. The monoisotopic (exact) mass is 465 g/mol. The molecule has 3 N–H and O–H groups in total. The topological polar surface area (TPSA) is 109 Å². The Morgan fingerprint density at radius 1 is 1.06 bits per heavy atom. The molecule has 0 spiro atoms. The molecule has 0 fully saturated rings. The highest BCUT2D eigenvalue weighted by Crippen LogP contribution is 2.22. The van der Waals surface area contributed by atoms with E-state index < -0.39 is 5.91 Å². The van der Waals surface area contributed by atoms with Gasteiger partial charge in [0.25, 0.3) is 11.5 Å². The van der Waals surface area contributed by atoms with Crippen LogP contribution >= 0.6 is 11.6 Å². The van der Waals surface area contributed by atoms with E-state index in [1.165, 1.54) is 4.68 Å². The van der Waals surface area contributed by atoms with Gasteiger partial charge >= 0.3 is 0 Å². The second-order valence-corrected chi connectivity index (χ2v) is 8.25. The zero-order chi connectivity index (χ0) is 23.4. The smallest absolute Gasteiger partial charge is 0.290 e. The molecule has 2 aromatic heterocycles. The van der Waals surface area contributed by atoms with Gasteiger partial charge in [0.15, 0.2) is 5.69 Å². The minimum Gasteiger partial charge on any atom is -0.361 e. The number of nitrogens with zero attached hydrogens (tertiary/aromatic N) is 2. The molecule has 9 heteroatoms. The molecule has 170 valence electrons. The highest BCUT2D eigenvalue weighted by atomic mass is 35.5. The standard InChI is InChI=1S/C24H24ClN5O3/c1-2-3-6-11-30-24(33)19-8-5-4-7-18(19)22(29-30)23(32)28-27-21(31)12-15-14-26-20-13-16(25)9-10-17(15)20/h4-5,7-10,13-14,26H,2-3,6,11-12H2,1H3,(H,27,31)(H,28,32). The van der Waals surface area contributed by atoms with Crippen molar-refractivity contribution in [3.05, 3.63) is 75.3 Å². The number of aromatic nitrogens is 3. The summed E-state index contributed by atoms with van der Waals surface area (Å²) < 4.78 is 1.33. The normalized spacial score (nSPS) is 11.1. The lowest BCUT2D eigenvalue weighted by Gasteiger charge is -2.12. The van der Waals surface area contributed by atoms with Crippen molar-refractivity contribution in [1.82, 2.24) is 25.6 Å². The van der Waals surface area contributed by atoms with Gasteiger partial charge in [-0.3, -0.25) is 25.2 Å². The molecule has 4 aromatic rings. The van der Waals surface area contributed by atoms with Gasteiger partial charge in [-0.15, -0.1) is 0 Å². The van der Waals surface area contributed by atoms with Crippen LogP contribution in [0.3, 0.4) is 0 Å². The zero-order valence-corrected chi connectivity index (χ0v) is 18.9. The number of H-pyrrole nitrogens is 1. The van der Waals surface area contributed by atoms with Crippen LogP contribution in [0.2, 0.25) is 5.02 Å². The first kappa shape index (κ1) is 22.5. The summed E-state index contributed by atoms with van der Waals surface area (Å²) in [5.74, 6) is -0.978. The number of aromatic amines is 1. The van der Waals surface area contributed by atoms with Gasteiger partial charge < -0.3 is 4.98 Å². The minimum absolute atomic E-state index is 0.0621. The maximum atomic E-state index is 12.9. The Hall–Kier alpha value is -3.65. The molecule has 8 nitrogen and oxygen atoms in total. The van der Waals surface area contributed by atoms with Crippen LogP contribution in [-0.2, 0) is 17.8 Å². The molecule has 0 aliphatic rings. The van der Waals surface area contributed by atoms with E-state index in [-0.39, 0.29) is 23.6 Å². The molecular weight excluding hydrogens is 442 g/mol. The van der Waals surface area contributed by atoms with Gasteiger partial charge in [0.05, 0.1) is 11.8 Å². The van der Waals surface area contributed by atoms with Crippen LogP contribution in [0.1, 0.15) is 42.2 Å². The quantitative estimate of drug-likeness (QED) is 0.285. The fourth-order valence-electron chi connectivity index (χ4n) is 3.77. The summed E-state index contributed by atoms with van der Waals surface area (Å²) in [4.78, 5) is 41.2. The summed E-state index contributed by atoms with van der Waals surface area (Å²) in [5, 5.41) is 6.63. The summed E-state index contributed by atoms with van der Waals surface area (Å²) in [7, 11) is 0. The van der Waals surface area contributed by atoms with Crippen LogP contribution in [0.4, 0.5) is 0 Å². The highest BCUT2D eigenvalue weighted by molar-refractivity contribution is 6.31. The fraction of sp³-hybridized carbons (Fsp3) is 0.250. The number of carbonyl (C=O) groups is 2. The van der Waals surface area contributed by atoms with Gasteiger partial charge in [-0.05, 0) is 30.2 Å². The summed E-state index contributed by atoms with van der Waals surface area (Å²) in [6, 6.07) is 12.2. The Morgan fingerprint density at radius 3 is 2.64 bits per heavy atom. The van der Waals surface area contributed by atoms with E-state index >= 15 is 0 Å². The number of aryl methyl sites for hydroxylation is 1. The van der Waals surface area contributed by atoms with Crippen molar-refractivity contribution >= 4 is 45.1 Å². The van der Waals surface area contributed by atoms with Gasteiger partial charge in [-0.1, -0.05) is 55.6 Å². The molecule has 0 saturated heterocycles. The number of benzene rings is 2. The molecule has 0 bridgehead atoms. The van der Waals surface area contributed by atoms with E-state index in [0.29, 0.717) is 22.3 Å². The number of fused-ring (bicyclic) bond motifs is 2. The van der Waals surface area contributed by atoms with Gasteiger partial charge in [0.2, 0.25) is 5.91 Å².